The monoisotopic (exact) mass is 316 g/mol. The number of carboxylic acids is 1. The van der Waals surface area contributed by atoms with Crippen molar-refractivity contribution in [3.8, 4) is 0 Å². The van der Waals surface area contributed by atoms with Gasteiger partial charge in [-0.15, -0.1) is 0 Å². The van der Waals surface area contributed by atoms with Crippen LogP contribution in [0.1, 0.15) is 51.5 Å². The average Bonchev–Trinajstić information content (AvgIpc) is 2.55. The van der Waals surface area contributed by atoms with Gasteiger partial charge in [0, 0.05) is 12.3 Å². The summed E-state index contributed by atoms with van der Waals surface area (Å²) in [6.45, 7) is 4.49. The molecule has 126 valence electrons. The molecule has 1 N–H and O–H groups in total. The summed E-state index contributed by atoms with van der Waals surface area (Å²) in [5.74, 6) is 0.151. The molecule has 23 heavy (non-hydrogen) atoms. The molecule has 3 nitrogen and oxygen atoms in total. The fourth-order valence-corrected chi connectivity index (χ4v) is 3.66. The molecule has 1 atom stereocenters. The highest BCUT2D eigenvalue weighted by Gasteiger charge is 2.30. The minimum absolute atomic E-state index is 0.0719. The van der Waals surface area contributed by atoms with Crippen LogP contribution in [0.5, 0.6) is 0 Å². The van der Waals surface area contributed by atoms with E-state index in [1.807, 2.05) is 30.3 Å². The molecule has 1 aliphatic rings. The molecule has 0 amide bonds. The van der Waals surface area contributed by atoms with Gasteiger partial charge >= 0.3 is 5.97 Å². The predicted octanol–water partition coefficient (Wildman–Crippen LogP) is 4.35. The summed E-state index contributed by atoms with van der Waals surface area (Å²) >= 11 is 0. The molecular weight excluding hydrogens is 288 g/mol. The number of Topliss-reactive ketones (excluding diaryl/α,β-unsaturated/α-hetero) is 1. The van der Waals surface area contributed by atoms with E-state index in [2.05, 4.69) is 13.8 Å². The van der Waals surface area contributed by atoms with Crippen LogP contribution in [0, 0.1) is 23.7 Å². The van der Waals surface area contributed by atoms with Gasteiger partial charge in [0.1, 0.15) is 5.78 Å². The number of benzene rings is 1. The maximum atomic E-state index is 12.5. The number of carbonyl (C=O) groups excluding carboxylic acids is 1. The van der Waals surface area contributed by atoms with E-state index in [0.29, 0.717) is 12.3 Å². The van der Waals surface area contributed by atoms with Crippen LogP contribution >= 0.6 is 0 Å². The highest BCUT2D eigenvalue weighted by atomic mass is 16.4. The Morgan fingerprint density at radius 1 is 1.09 bits per heavy atom. The first-order valence-electron chi connectivity index (χ1n) is 8.76. The topological polar surface area (TPSA) is 54.4 Å². The van der Waals surface area contributed by atoms with E-state index in [-0.39, 0.29) is 18.1 Å². The van der Waals surface area contributed by atoms with Crippen molar-refractivity contribution in [2.75, 3.05) is 0 Å². The van der Waals surface area contributed by atoms with Gasteiger partial charge < -0.3 is 5.11 Å². The summed E-state index contributed by atoms with van der Waals surface area (Å²) in [4.78, 5) is 24.0. The number of aliphatic carboxylic acids is 1. The molecule has 0 unspecified atom stereocenters. The van der Waals surface area contributed by atoms with Crippen molar-refractivity contribution >= 4 is 11.8 Å². The first-order chi connectivity index (χ1) is 11.0. The Bertz CT molecular complexity index is 513. The highest BCUT2D eigenvalue weighted by molar-refractivity contribution is 5.85. The molecule has 1 aromatic carbocycles. The van der Waals surface area contributed by atoms with Crippen molar-refractivity contribution in [3.05, 3.63) is 35.9 Å². The molecule has 0 bridgehead atoms. The van der Waals surface area contributed by atoms with E-state index >= 15 is 0 Å². The molecule has 1 aliphatic carbocycles. The third kappa shape index (κ3) is 5.19. The lowest BCUT2D eigenvalue weighted by molar-refractivity contribution is -0.144. The Balaban J connectivity index is 1.90. The number of ketones is 1. The standard InChI is InChI=1S/C20H28O3/c1-14(2)16-8-10-17(11-9-16)19(21)13-18(20(22)23)12-15-6-4-3-5-7-15/h3-7,14,16-18H,8-13H2,1-2H3,(H,22,23)/t16?,17?,18-/m0/s1. The van der Waals surface area contributed by atoms with Crippen molar-refractivity contribution in [2.24, 2.45) is 23.7 Å². The zero-order valence-electron chi connectivity index (χ0n) is 14.2. The van der Waals surface area contributed by atoms with Crippen molar-refractivity contribution < 1.29 is 14.7 Å². The van der Waals surface area contributed by atoms with Crippen molar-refractivity contribution in [1.29, 1.82) is 0 Å². The summed E-state index contributed by atoms with van der Waals surface area (Å²) in [6.07, 6.45) is 4.66. The van der Waals surface area contributed by atoms with Gasteiger partial charge in [0.05, 0.1) is 5.92 Å². The number of carbonyl (C=O) groups is 2. The number of carboxylic acid groups (broad SMARTS) is 1. The SMILES string of the molecule is CC(C)C1CCC(C(=O)C[C@H](Cc2ccccc2)C(=O)O)CC1. The largest absolute Gasteiger partial charge is 0.481 e. The fourth-order valence-electron chi connectivity index (χ4n) is 3.66. The Labute approximate surface area is 139 Å². The van der Waals surface area contributed by atoms with E-state index in [9.17, 15) is 14.7 Å². The van der Waals surface area contributed by atoms with Gasteiger partial charge in [-0.3, -0.25) is 9.59 Å². The van der Waals surface area contributed by atoms with Gasteiger partial charge in [0.25, 0.3) is 0 Å². The average molecular weight is 316 g/mol. The lowest BCUT2D eigenvalue weighted by atomic mass is 9.74. The lowest BCUT2D eigenvalue weighted by Crippen LogP contribution is -2.28. The number of hydrogen-bond donors (Lipinski definition) is 1. The quantitative estimate of drug-likeness (QED) is 0.813. The van der Waals surface area contributed by atoms with Crippen molar-refractivity contribution in [3.63, 3.8) is 0 Å². The molecular formula is C20H28O3. The Kier molecular flexibility index (Phi) is 6.37. The van der Waals surface area contributed by atoms with Gasteiger partial charge in [-0.2, -0.15) is 0 Å². The fraction of sp³-hybridized carbons (Fsp3) is 0.600. The molecule has 0 aliphatic heterocycles. The molecule has 0 aromatic heterocycles. The van der Waals surface area contributed by atoms with Crippen molar-refractivity contribution in [1.82, 2.24) is 0 Å². The maximum absolute atomic E-state index is 12.5. The van der Waals surface area contributed by atoms with Crippen LogP contribution in [-0.2, 0) is 16.0 Å². The normalized spacial score (nSPS) is 22.7. The Morgan fingerprint density at radius 3 is 2.22 bits per heavy atom. The maximum Gasteiger partial charge on any atom is 0.307 e. The molecule has 3 heteroatoms. The Hall–Kier alpha value is -1.64. The molecule has 1 aromatic rings. The zero-order valence-corrected chi connectivity index (χ0v) is 14.2. The minimum Gasteiger partial charge on any atom is -0.481 e. The van der Waals surface area contributed by atoms with Crippen LogP contribution < -0.4 is 0 Å². The second-order valence-electron chi connectivity index (χ2n) is 7.25. The van der Waals surface area contributed by atoms with Crippen LogP contribution in [0.25, 0.3) is 0 Å². The molecule has 1 saturated carbocycles. The second kappa shape index (κ2) is 8.28. The summed E-state index contributed by atoms with van der Waals surface area (Å²) in [5.41, 5.74) is 0.983. The van der Waals surface area contributed by atoms with E-state index < -0.39 is 11.9 Å². The van der Waals surface area contributed by atoms with E-state index in [1.54, 1.807) is 0 Å². The highest BCUT2D eigenvalue weighted by Crippen LogP contribution is 2.34. The van der Waals surface area contributed by atoms with Crippen LogP contribution in [0.2, 0.25) is 0 Å². The van der Waals surface area contributed by atoms with Crippen LogP contribution in [0.15, 0.2) is 30.3 Å². The third-order valence-corrected chi connectivity index (χ3v) is 5.29. The molecule has 0 spiro atoms. The minimum atomic E-state index is -0.863. The van der Waals surface area contributed by atoms with Gasteiger partial charge in [-0.25, -0.2) is 0 Å². The molecule has 1 fully saturated rings. The van der Waals surface area contributed by atoms with Crippen LogP contribution in [0.3, 0.4) is 0 Å². The predicted molar refractivity (Wildman–Crippen MR) is 91.2 cm³/mol. The van der Waals surface area contributed by atoms with Crippen LogP contribution in [-0.4, -0.2) is 16.9 Å². The summed E-state index contributed by atoms with van der Waals surface area (Å²) in [7, 11) is 0. The number of rotatable bonds is 7. The van der Waals surface area contributed by atoms with Gasteiger partial charge in [0.2, 0.25) is 0 Å². The number of hydrogen-bond acceptors (Lipinski definition) is 2. The summed E-state index contributed by atoms with van der Waals surface area (Å²) in [5, 5.41) is 9.44. The van der Waals surface area contributed by atoms with E-state index in [1.165, 1.54) is 0 Å². The van der Waals surface area contributed by atoms with Gasteiger partial charge in [0.15, 0.2) is 0 Å². The van der Waals surface area contributed by atoms with E-state index in [4.69, 9.17) is 0 Å². The smallest absolute Gasteiger partial charge is 0.307 e. The molecule has 0 heterocycles. The molecule has 2 rings (SSSR count). The Morgan fingerprint density at radius 2 is 1.70 bits per heavy atom. The van der Waals surface area contributed by atoms with Crippen molar-refractivity contribution in [2.45, 2.75) is 52.4 Å². The van der Waals surface area contributed by atoms with E-state index in [0.717, 1.165) is 37.2 Å². The zero-order chi connectivity index (χ0) is 16.8. The first-order valence-corrected chi connectivity index (χ1v) is 8.76. The molecule has 0 radical (unpaired) electrons. The second-order valence-corrected chi connectivity index (χ2v) is 7.25. The first kappa shape index (κ1) is 17.7. The molecule has 0 saturated heterocycles. The third-order valence-electron chi connectivity index (χ3n) is 5.29. The lowest BCUT2D eigenvalue weighted by Gasteiger charge is -2.30. The summed E-state index contributed by atoms with van der Waals surface area (Å²) < 4.78 is 0. The van der Waals surface area contributed by atoms with Gasteiger partial charge in [-0.1, -0.05) is 44.2 Å². The van der Waals surface area contributed by atoms with Gasteiger partial charge in [-0.05, 0) is 49.5 Å². The summed E-state index contributed by atoms with van der Waals surface area (Å²) in [6, 6.07) is 9.58. The van der Waals surface area contributed by atoms with Crippen LogP contribution in [0.4, 0.5) is 0 Å².